The van der Waals surface area contributed by atoms with Gasteiger partial charge in [-0.2, -0.15) is 18.2 Å². The third-order valence-electron chi connectivity index (χ3n) is 4.15. The molecule has 2 heterocycles. The maximum absolute atomic E-state index is 13.1. The van der Waals surface area contributed by atoms with E-state index in [1.54, 1.807) is 0 Å². The average Bonchev–Trinajstić information content (AvgIpc) is 3.32. The summed E-state index contributed by atoms with van der Waals surface area (Å²) in [6.45, 7) is -0.0996. The standard InChI is InChI=1S/C19H18F3N3O2S/c1-25(12-13-6-2-3-7-14(13)19(20,21)22)17(26)10-4-9-16-23-18(24-27-16)15-8-5-11-28-15/h2-3,5-8,11H,4,9-10,12H2,1H3. The van der Waals surface area contributed by atoms with E-state index in [1.165, 1.54) is 41.5 Å². The van der Waals surface area contributed by atoms with Crippen LogP contribution in [-0.2, 0) is 23.9 Å². The first-order valence-corrected chi connectivity index (χ1v) is 9.48. The molecule has 0 atom stereocenters. The van der Waals surface area contributed by atoms with Crippen LogP contribution in [-0.4, -0.2) is 28.0 Å². The summed E-state index contributed by atoms with van der Waals surface area (Å²) in [5, 5.41) is 5.82. The number of rotatable bonds is 7. The number of aryl methyl sites for hydroxylation is 1. The number of hydrogen-bond donors (Lipinski definition) is 0. The van der Waals surface area contributed by atoms with Crippen LogP contribution in [0.1, 0.15) is 29.9 Å². The van der Waals surface area contributed by atoms with Crippen molar-refractivity contribution in [3.63, 3.8) is 0 Å². The predicted octanol–water partition coefficient (Wildman–Crippen LogP) is 4.80. The van der Waals surface area contributed by atoms with E-state index < -0.39 is 11.7 Å². The number of alkyl halides is 3. The number of aromatic nitrogens is 2. The van der Waals surface area contributed by atoms with E-state index in [1.807, 2.05) is 17.5 Å². The summed E-state index contributed by atoms with van der Waals surface area (Å²) in [6.07, 6.45) is -3.37. The first-order chi connectivity index (χ1) is 13.3. The van der Waals surface area contributed by atoms with Crippen molar-refractivity contribution in [2.45, 2.75) is 32.0 Å². The number of hydrogen-bond acceptors (Lipinski definition) is 5. The number of thiophene rings is 1. The first-order valence-electron chi connectivity index (χ1n) is 8.60. The molecule has 0 radical (unpaired) electrons. The highest BCUT2D eigenvalue weighted by Gasteiger charge is 2.33. The topological polar surface area (TPSA) is 59.2 Å². The Balaban J connectivity index is 1.52. The molecule has 28 heavy (non-hydrogen) atoms. The van der Waals surface area contributed by atoms with E-state index >= 15 is 0 Å². The Bertz CT molecular complexity index is 923. The molecule has 0 aliphatic rings. The minimum Gasteiger partial charge on any atom is -0.341 e. The van der Waals surface area contributed by atoms with Crippen molar-refractivity contribution in [2.24, 2.45) is 0 Å². The van der Waals surface area contributed by atoms with Gasteiger partial charge in [-0.15, -0.1) is 11.3 Å². The number of carbonyl (C=O) groups is 1. The molecule has 3 aromatic rings. The normalized spacial score (nSPS) is 11.6. The third-order valence-corrected chi connectivity index (χ3v) is 5.01. The molecule has 3 rings (SSSR count). The zero-order chi connectivity index (χ0) is 20.1. The highest BCUT2D eigenvalue weighted by atomic mass is 32.1. The van der Waals surface area contributed by atoms with E-state index in [0.29, 0.717) is 24.6 Å². The zero-order valence-corrected chi connectivity index (χ0v) is 15.9. The monoisotopic (exact) mass is 409 g/mol. The number of nitrogens with zero attached hydrogens (tertiary/aromatic N) is 3. The molecule has 0 unspecified atom stereocenters. The van der Waals surface area contributed by atoms with Gasteiger partial charge in [0.15, 0.2) is 0 Å². The molecule has 0 bridgehead atoms. The van der Waals surface area contributed by atoms with Gasteiger partial charge in [0.05, 0.1) is 10.4 Å². The second-order valence-electron chi connectivity index (χ2n) is 6.25. The van der Waals surface area contributed by atoms with Gasteiger partial charge >= 0.3 is 6.18 Å². The van der Waals surface area contributed by atoms with Crippen LogP contribution < -0.4 is 0 Å². The van der Waals surface area contributed by atoms with Crippen LogP contribution in [0.2, 0.25) is 0 Å². The van der Waals surface area contributed by atoms with Crippen molar-refractivity contribution in [3.8, 4) is 10.7 Å². The highest BCUT2D eigenvalue weighted by Crippen LogP contribution is 2.32. The SMILES string of the molecule is CN(Cc1ccccc1C(F)(F)F)C(=O)CCCc1nc(-c2cccs2)no1. The predicted molar refractivity (Wildman–Crippen MR) is 98.5 cm³/mol. The Hall–Kier alpha value is -2.68. The smallest absolute Gasteiger partial charge is 0.341 e. The summed E-state index contributed by atoms with van der Waals surface area (Å²) in [7, 11) is 1.50. The van der Waals surface area contributed by atoms with Gasteiger partial charge in [-0.05, 0) is 29.5 Å². The van der Waals surface area contributed by atoms with Crippen LogP contribution in [0, 0.1) is 0 Å². The van der Waals surface area contributed by atoms with E-state index in [2.05, 4.69) is 10.1 Å². The fourth-order valence-corrected chi connectivity index (χ4v) is 3.37. The fourth-order valence-electron chi connectivity index (χ4n) is 2.72. The molecule has 5 nitrogen and oxygen atoms in total. The minimum atomic E-state index is -4.45. The molecule has 1 aromatic carbocycles. The molecule has 148 valence electrons. The number of amides is 1. The van der Waals surface area contributed by atoms with E-state index in [-0.39, 0.29) is 24.4 Å². The summed E-state index contributed by atoms with van der Waals surface area (Å²) in [6, 6.07) is 9.05. The molecular weight excluding hydrogens is 391 g/mol. The van der Waals surface area contributed by atoms with Crippen molar-refractivity contribution in [2.75, 3.05) is 7.05 Å². The van der Waals surface area contributed by atoms with Gasteiger partial charge in [0.2, 0.25) is 17.6 Å². The number of benzene rings is 1. The maximum Gasteiger partial charge on any atom is 0.416 e. The van der Waals surface area contributed by atoms with Crippen LogP contribution in [0.15, 0.2) is 46.3 Å². The van der Waals surface area contributed by atoms with Crippen molar-refractivity contribution in [3.05, 3.63) is 58.8 Å². The van der Waals surface area contributed by atoms with E-state index in [0.717, 1.165) is 10.9 Å². The molecule has 0 spiro atoms. The number of carbonyl (C=O) groups excluding carboxylic acids is 1. The average molecular weight is 409 g/mol. The third kappa shape index (κ3) is 4.98. The molecule has 0 saturated carbocycles. The molecule has 0 aliphatic carbocycles. The van der Waals surface area contributed by atoms with Gasteiger partial charge in [-0.25, -0.2) is 0 Å². The van der Waals surface area contributed by atoms with Crippen LogP contribution >= 0.6 is 11.3 Å². The van der Waals surface area contributed by atoms with Gasteiger partial charge in [0.25, 0.3) is 0 Å². The van der Waals surface area contributed by atoms with Crippen molar-refractivity contribution < 1.29 is 22.5 Å². The summed E-state index contributed by atoms with van der Waals surface area (Å²) >= 11 is 1.50. The van der Waals surface area contributed by atoms with Crippen LogP contribution in [0.5, 0.6) is 0 Å². The summed E-state index contributed by atoms with van der Waals surface area (Å²) in [5.74, 6) is 0.702. The minimum absolute atomic E-state index is 0.0725. The Labute approximate surface area is 163 Å². The Kier molecular flexibility index (Phi) is 6.13. The molecule has 1 amide bonds. The molecular formula is C19H18F3N3O2S. The quantitative estimate of drug-likeness (QED) is 0.563. The van der Waals surface area contributed by atoms with E-state index in [4.69, 9.17) is 4.52 Å². The maximum atomic E-state index is 13.1. The van der Waals surface area contributed by atoms with Crippen LogP contribution in [0.4, 0.5) is 13.2 Å². The molecule has 9 heteroatoms. The van der Waals surface area contributed by atoms with Crippen LogP contribution in [0.3, 0.4) is 0 Å². The van der Waals surface area contributed by atoms with Crippen molar-refractivity contribution in [1.29, 1.82) is 0 Å². The van der Waals surface area contributed by atoms with E-state index in [9.17, 15) is 18.0 Å². The molecule has 0 aliphatic heterocycles. The lowest BCUT2D eigenvalue weighted by atomic mass is 10.1. The van der Waals surface area contributed by atoms with Gasteiger partial charge in [-0.1, -0.05) is 29.4 Å². The molecule has 0 N–H and O–H groups in total. The number of halogens is 3. The lowest BCUT2D eigenvalue weighted by molar-refractivity contribution is -0.139. The highest BCUT2D eigenvalue weighted by molar-refractivity contribution is 7.13. The second-order valence-corrected chi connectivity index (χ2v) is 7.19. The molecule has 2 aromatic heterocycles. The van der Waals surface area contributed by atoms with Gasteiger partial charge in [0.1, 0.15) is 0 Å². The lowest BCUT2D eigenvalue weighted by Gasteiger charge is -2.20. The lowest BCUT2D eigenvalue weighted by Crippen LogP contribution is -2.27. The van der Waals surface area contributed by atoms with Gasteiger partial charge in [-0.3, -0.25) is 4.79 Å². The van der Waals surface area contributed by atoms with Crippen molar-refractivity contribution in [1.82, 2.24) is 15.0 Å². The fraction of sp³-hybridized carbons (Fsp3) is 0.316. The first kappa shape index (κ1) is 20.1. The Morgan fingerprint density at radius 2 is 2.00 bits per heavy atom. The summed E-state index contributed by atoms with van der Waals surface area (Å²) in [4.78, 5) is 18.8. The van der Waals surface area contributed by atoms with Gasteiger partial charge in [0, 0.05) is 26.4 Å². The Morgan fingerprint density at radius 1 is 1.21 bits per heavy atom. The van der Waals surface area contributed by atoms with Crippen molar-refractivity contribution >= 4 is 17.2 Å². The largest absolute Gasteiger partial charge is 0.416 e. The zero-order valence-electron chi connectivity index (χ0n) is 15.1. The summed E-state index contributed by atoms with van der Waals surface area (Å²) < 4.78 is 44.4. The molecule has 0 saturated heterocycles. The Morgan fingerprint density at radius 3 is 2.71 bits per heavy atom. The molecule has 0 fully saturated rings. The van der Waals surface area contributed by atoms with Gasteiger partial charge < -0.3 is 9.42 Å². The second kappa shape index (κ2) is 8.55. The summed E-state index contributed by atoms with van der Waals surface area (Å²) in [5.41, 5.74) is -0.648. The van der Waals surface area contributed by atoms with Crippen LogP contribution in [0.25, 0.3) is 10.7 Å².